The van der Waals surface area contributed by atoms with E-state index in [1.807, 2.05) is 31.2 Å². The summed E-state index contributed by atoms with van der Waals surface area (Å²) < 4.78 is 11.8. The Bertz CT molecular complexity index is 1060. The molecule has 1 unspecified atom stereocenters. The van der Waals surface area contributed by atoms with Crippen LogP contribution in [0.25, 0.3) is 5.76 Å². The zero-order valence-corrected chi connectivity index (χ0v) is 21.0. The molecule has 7 heteroatoms. The van der Waals surface area contributed by atoms with Crippen LogP contribution in [0.2, 0.25) is 0 Å². The fourth-order valence-corrected chi connectivity index (χ4v) is 4.30. The van der Waals surface area contributed by atoms with Crippen LogP contribution in [0, 0.1) is 12.8 Å². The number of hydrogen-bond donors (Lipinski definition) is 1. The van der Waals surface area contributed by atoms with Crippen LogP contribution in [-0.2, 0) is 14.3 Å². The Morgan fingerprint density at radius 1 is 1.18 bits per heavy atom. The first-order valence-electron chi connectivity index (χ1n) is 11.0. The molecule has 1 fully saturated rings. The minimum atomic E-state index is -0.687. The molecule has 1 amide bonds. The number of carbonyl (C=O) groups excluding carboxylic acids is 2. The Morgan fingerprint density at radius 3 is 2.58 bits per heavy atom. The van der Waals surface area contributed by atoms with Crippen molar-refractivity contribution in [1.82, 2.24) is 4.90 Å². The van der Waals surface area contributed by atoms with Gasteiger partial charge in [0, 0.05) is 30.3 Å². The van der Waals surface area contributed by atoms with Crippen molar-refractivity contribution in [3.63, 3.8) is 0 Å². The first-order chi connectivity index (χ1) is 15.7. The van der Waals surface area contributed by atoms with Gasteiger partial charge in [0.15, 0.2) is 0 Å². The Balaban J connectivity index is 2.06. The van der Waals surface area contributed by atoms with Crippen molar-refractivity contribution in [2.45, 2.75) is 33.2 Å². The fraction of sp³-hybridized carbons (Fsp3) is 0.385. The number of hydrogen-bond acceptors (Lipinski definition) is 5. The summed E-state index contributed by atoms with van der Waals surface area (Å²) in [5.41, 5.74) is 2.15. The van der Waals surface area contributed by atoms with E-state index < -0.39 is 17.7 Å². The van der Waals surface area contributed by atoms with Gasteiger partial charge in [-0.1, -0.05) is 41.9 Å². The second-order valence-electron chi connectivity index (χ2n) is 8.58. The van der Waals surface area contributed by atoms with E-state index in [1.165, 1.54) is 4.90 Å². The number of halogens is 1. The van der Waals surface area contributed by atoms with E-state index in [9.17, 15) is 14.7 Å². The molecule has 3 rings (SSSR count). The van der Waals surface area contributed by atoms with Crippen LogP contribution in [0.3, 0.4) is 0 Å². The second-order valence-corrected chi connectivity index (χ2v) is 9.49. The number of aliphatic hydroxyl groups is 1. The van der Waals surface area contributed by atoms with Gasteiger partial charge in [-0.15, -0.1) is 0 Å². The molecular weight excluding hydrogens is 486 g/mol. The van der Waals surface area contributed by atoms with Gasteiger partial charge in [-0.25, -0.2) is 0 Å². The molecule has 1 aliphatic rings. The first-order valence-corrected chi connectivity index (χ1v) is 11.8. The monoisotopic (exact) mass is 515 g/mol. The highest BCUT2D eigenvalue weighted by molar-refractivity contribution is 9.10. The Labute approximate surface area is 203 Å². The average molecular weight is 516 g/mol. The highest BCUT2D eigenvalue weighted by Crippen LogP contribution is 2.40. The zero-order chi connectivity index (χ0) is 24.1. The van der Waals surface area contributed by atoms with Gasteiger partial charge < -0.3 is 19.5 Å². The molecule has 1 saturated heterocycles. The number of ether oxygens (including phenoxy) is 2. The Hall–Kier alpha value is -2.64. The number of rotatable bonds is 9. The lowest BCUT2D eigenvalue weighted by atomic mass is 9.94. The van der Waals surface area contributed by atoms with E-state index >= 15 is 0 Å². The van der Waals surface area contributed by atoms with Crippen LogP contribution >= 0.6 is 15.9 Å². The predicted octanol–water partition coefficient (Wildman–Crippen LogP) is 5.25. The van der Waals surface area contributed by atoms with Crippen molar-refractivity contribution in [3.8, 4) is 5.75 Å². The van der Waals surface area contributed by atoms with Crippen LogP contribution < -0.4 is 4.74 Å². The normalized spacial score (nSPS) is 17.8. The molecule has 0 aliphatic carbocycles. The molecule has 1 N–H and O–H groups in total. The smallest absolute Gasteiger partial charge is 0.295 e. The number of benzene rings is 2. The van der Waals surface area contributed by atoms with Gasteiger partial charge in [0.2, 0.25) is 0 Å². The van der Waals surface area contributed by atoms with Crippen LogP contribution in [0.5, 0.6) is 5.75 Å². The van der Waals surface area contributed by atoms with E-state index in [2.05, 4.69) is 29.8 Å². The molecule has 2 aromatic rings. The van der Waals surface area contributed by atoms with Crippen molar-refractivity contribution in [1.29, 1.82) is 0 Å². The maximum Gasteiger partial charge on any atom is 0.295 e. The number of likely N-dealkylation sites (tertiary alicyclic amines) is 1. The molecule has 0 saturated carbocycles. The van der Waals surface area contributed by atoms with Gasteiger partial charge in [-0.2, -0.15) is 0 Å². The summed E-state index contributed by atoms with van der Waals surface area (Å²) in [6.45, 7) is 7.42. The molecular formula is C26H30BrNO5. The van der Waals surface area contributed by atoms with Gasteiger partial charge >= 0.3 is 0 Å². The largest absolute Gasteiger partial charge is 0.507 e. The third kappa shape index (κ3) is 5.65. The SMILES string of the molecule is COCCCN1C(=O)C(=O)C(=C(O)c2ccc(OCC(C)C)c(C)c2)C1c1cccc(Br)c1. The molecule has 0 bridgehead atoms. The summed E-state index contributed by atoms with van der Waals surface area (Å²) >= 11 is 3.47. The maximum absolute atomic E-state index is 13.1. The summed E-state index contributed by atoms with van der Waals surface area (Å²) in [6.07, 6.45) is 0.578. The fourth-order valence-electron chi connectivity index (χ4n) is 3.88. The number of aryl methyl sites for hydroxylation is 1. The van der Waals surface area contributed by atoms with Crippen molar-refractivity contribution in [2.75, 3.05) is 26.9 Å². The van der Waals surface area contributed by atoms with Gasteiger partial charge in [0.25, 0.3) is 11.7 Å². The molecule has 1 heterocycles. The van der Waals surface area contributed by atoms with E-state index in [4.69, 9.17) is 9.47 Å². The lowest BCUT2D eigenvalue weighted by molar-refractivity contribution is -0.140. The van der Waals surface area contributed by atoms with Gasteiger partial charge in [-0.05, 0) is 60.7 Å². The van der Waals surface area contributed by atoms with Crippen LogP contribution in [0.4, 0.5) is 0 Å². The van der Waals surface area contributed by atoms with Gasteiger partial charge in [0.05, 0.1) is 18.2 Å². The van der Waals surface area contributed by atoms with Crippen LogP contribution in [-0.4, -0.2) is 48.6 Å². The van der Waals surface area contributed by atoms with Crippen LogP contribution in [0.15, 0.2) is 52.5 Å². The summed E-state index contributed by atoms with van der Waals surface area (Å²) in [6, 6.07) is 12.0. The maximum atomic E-state index is 13.1. The van der Waals surface area contributed by atoms with E-state index in [-0.39, 0.29) is 11.3 Å². The summed E-state index contributed by atoms with van der Waals surface area (Å²) in [4.78, 5) is 27.5. The molecule has 6 nitrogen and oxygen atoms in total. The molecule has 176 valence electrons. The number of ketones is 1. The highest BCUT2D eigenvalue weighted by atomic mass is 79.9. The minimum absolute atomic E-state index is 0.0887. The lowest BCUT2D eigenvalue weighted by Crippen LogP contribution is -2.31. The number of aliphatic hydroxyl groups excluding tert-OH is 1. The van der Waals surface area contributed by atoms with Crippen molar-refractivity contribution in [3.05, 3.63) is 69.2 Å². The average Bonchev–Trinajstić information content (AvgIpc) is 3.03. The van der Waals surface area contributed by atoms with Crippen molar-refractivity contribution >= 4 is 33.4 Å². The lowest BCUT2D eigenvalue weighted by Gasteiger charge is -2.25. The summed E-state index contributed by atoms with van der Waals surface area (Å²) in [5, 5.41) is 11.2. The Morgan fingerprint density at radius 2 is 1.94 bits per heavy atom. The summed E-state index contributed by atoms with van der Waals surface area (Å²) in [5.74, 6) is -0.384. The van der Waals surface area contributed by atoms with Crippen LogP contribution in [0.1, 0.15) is 43.0 Å². The number of methoxy groups -OCH3 is 1. The van der Waals surface area contributed by atoms with Crippen molar-refractivity contribution < 1.29 is 24.2 Å². The predicted molar refractivity (Wildman–Crippen MR) is 131 cm³/mol. The number of carbonyl (C=O) groups is 2. The number of Topliss-reactive ketones (excluding diaryl/α,β-unsaturated/α-hetero) is 1. The topological polar surface area (TPSA) is 76.1 Å². The zero-order valence-electron chi connectivity index (χ0n) is 19.4. The molecule has 0 aromatic heterocycles. The number of amides is 1. The van der Waals surface area contributed by atoms with E-state index in [0.717, 1.165) is 21.3 Å². The third-order valence-corrected chi connectivity index (χ3v) is 5.97. The highest BCUT2D eigenvalue weighted by Gasteiger charge is 2.45. The molecule has 2 aromatic carbocycles. The summed E-state index contributed by atoms with van der Waals surface area (Å²) in [7, 11) is 1.59. The second kappa shape index (κ2) is 11.0. The minimum Gasteiger partial charge on any atom is -0.507 e. The van der Waals surface area contributed by atoms with E-state index in [0.29, 0.717) is 37.7 Å². The molecule has 33 heavy (non-hydrogen) atoms. The van der Waals surface area contributed by atoms with Gasteiger partial charge in [-0.3, -0.25) is 9.59 Å². The van der Waals surface area contributed by atoms with Gasteiger partial charge in [0.1, 0.15) is 11.5 Å². The standard InChI is InChI=1S/C26H30BrNO5/c1-16(2)15-33-21-10-9-19(13-17(21)3)24(29)22-23(18-7-5-8-20(27)14-18)28(11-6-12-32-4)26(31)25(22)30/h5,7-10,13-14,16,23,29H,6,11-12,15H2,1-4H3. The third-order valence-electron chi connectivity index (χ3n) is 5.47. The molecule has 0 radical (unpaired) electrons. The molecule has 1 atom stereocenters. The first kappa shape index (κ1) is 25.0. The Kier molecular flexibility index (Phi) is 8.32. The molecule has 1 aliphatic heterocycles. The molecule has 0 spiro atoms. The number of nitrogens with zero attached hydrogens (tertiary/aromatic N) is 1. The van der Waals surface area contributed by atoms with E-state index in [1.54, 1.807) is 25.3 Å². The quantitative estimate of drug-likeness (QED) is 0.213. The van der Waals surface area contributed by atoms with Crippen molar-refractivity contribution in [2.24, 2.45) is 5.92 Å².